The third-order valence-electron chi connectivity index (χ3n) is 6.01. The number of ether oxygens (including phenoxy) is 3. The lowest BCUT2D eigenvalue weighted by Gasteiger charge is -2.35. The minimum Gasteiger partial charge on any atom is -0.378 e. The van der Waals surface area contributed by atoms with E-state index in [9.17, 15) is 0 Å². The van der Waals surface area contributed by atoms with Gasteiger partial charge in [0.1, 0.15) is 0 Å². The highest BCUT2D eigenvalue weighted by Gasteiger charge is 2.23. The Morgan fingerprint density at radius 1 is 1.00 bits per heavy atom. The van der Waals surface area contributed by atoms with Gasteiger partial charge in [-0.05, 0) is 51.4 Å². The van der Waals surface area contributed by atoms with Gasteiger partial charge >= 0.3 is 0 Å². The predicted molar refractivity (Wildman–Crippen MR) is 108 cm³/mol. The topological polar surface area (TPSA) is 55.3 Å². The van der Waals surface area contributed by atoms with E-state index in [-0.39, 0.29) is 0 Å². The Morgan fingerprint density at radius 2 is 1.74 bits per heavy atom. The van der Waals surface area contributed by atoms with Gasteiger partial charge in [-0.2, -0.15) is 0 Å². The molecule has 1 aliphatic carbocycles. The van der Waals surface area contributed by atoms with Crippen LogP contribution in [-0.4, -0.2) is 75.7 Å². The number of aliphatic imine (C=N–C) groups is 1. The molecule has 27 heavy (non-hydrogen) atoms. The molecule has 1 unspecified atom stereocenters. The Bertz CT molecular complexity index is 426. The molecule has 2 saturated heterocycles. The van der Waals surface area contributed by atoms with Crippen LogP contribution in [0.2, 0.25) is 0 Å². The average molecular weight is 382 g/mol. The highest BCUT2D eigenvalue weighted by atomic mass is 16.5. The van der Waals surface area contributed by atoms with Gasteiger partial charge in [0, 0.05) is 39.9 Å². The van der Waals surface area contributed by atoms with Crippen LogP contribution in [0.3, 0.4) is 0 Å². The van der Waals surface area contributed by atoms with Gasteiger partial charge in [0.05, 0.1) is 24.9 Å². The molecular formula is C21H39N3O3. The van der Waals surface area contributed by atoms with Crippen molar-refractivity contribution < 1.29 is 14.2 Å². The summed E-state index contributed by atoms with van der Waals surface area (Å²) in [7, 11) is 1.88. The lowest BCUT2D eigenvalue weighted by Crippen LogP contribution is -2.47. The smallest absolute Gasteiger partial charge is 0.193 e. The molecule has 6 heteroatoms. The third kappa shape index (κ3) is 7.24. The predicted octanol–water partition coefficient (Wildman–Crippen LogP) is 2.96. The number of hydrogen-bond donors (Lipinski definition) is 1. The summed E-state index contributed by atoms with van der Waals surface area (Å²) in [6.07, 6.45) is 13.2. The fourth-order valence-corrected chi connectivity index (χ4v) is 4.33. The minimum absolute atomic E-state index is 0.317. The number of rotatable bonds is 8. The zero-order chi connectivity index (χ0) is 18.7. The molecule has 156 valence electrons. The standard InChI is InChI=1S/C21H39N3O3/c1-22-21(23-12-6-16-25-18-7-2-3-8-18)24-13-10-19(11-14-24)27-17-20-9-4-5-15-26-20/h18-20H,2-17H2,1H3,(H,22,23). The van der Waals surface area contributed by atoms with Gasteiger partial charge in [-0.1, -0.05) is 12.8 Å². The maximum atomic E-state index is 6.12. The highest BCUT2D eigenvalue weighted by molar-refractivity contribution is 5.79. The normalized spacial score (nSPS) is 25.9. The van der Waals surface area contributed by atoms with E-state index >= 15 is 0 Å². The fourth-order valence-electron chi connectivity index (χ4n) is 4.33. The monoisotopic (exact) mass is 381 g/mol. The van der Waals surface area contributed by atoms with Gasteiger partial charge in [-0.25, -0.2) is 0 Å². The van der Waals surface area contributed by atoms with Crippen molar-refractivity contribution in [3.05, 3.63) is 0 Å². The van der Waals surface area contributed by atoms with Crippen LogP contribution in [0.15, 0.2) is 4.99 Å². The molecule has 0 aromatic heterocycles. The number of guanidine groups is 1. The molecule has 0 radical (unpaired) electrons. The molecule has 1 N–H and O–H groups in total. The summed E-state index contributed by atoms with van der Waals surface area (Å²) in [6, 6.07) is 0. The van der Waals surface area contributed by atoms with Crippen molar-refractivity contribution in [2.45, 2.75) is 82.5 Å². The minimum atomic E-state index is 0.317. The fraction of sp³-hybridized carbons (Fsp3) is 0.952. The zero-order valence-electron chi connectivity index (χ0n) is 17.2. The quantitative estimate of drug-likeness (QED) is 0.398. The number of piperidine rings is 1. The van der Waals surface area contributed by atoms with E-state index in [0.717, 1.165) is 71.1 Å². The lowest BCUT2D eigenvalue weighted by atomic mass is 10.1. The second-order valence-electron chi connectivity index (χ2n) is 8.11. The highest BCUT2D eigenvalue weighted by Crippen LogP contribution is 2.21. The maximum Gasteiger partial charge on any atom is 0.193 e. The van der Waals surface area contributed by atoms with E-state index in [2.05, 4.69) is 15.2 Å². The van der Waals surface area contributed by atoms with Crippen molar-refractivity contribution in [3.8, 4) is 0 Å². The van der Waals surface area contributed by atoms with Crippen LogP contribution in [0.1, 0.15) is 64.2 Å². The van der Waals surface area contributed by atoms with Crippen LogP contribution in [0, 0.1) is 0 Å². The molecule has 0 amide bonds. The van der Waals surface area contributed by atoms with Crippen molar-refractivity contribution in [1.29, 1.82) is 0 Å². The molecule has 0 aromatic rings. The van der Waals surface area contributed by atoms with Crippen molar-refractivity contribution >= 4 is 5.96 Å². The van der Waals surface area contributed by atoms with Crippen molar-refractivity contribution in [2.24, 2.45) is 4.99 Å². The molecule has 1 atom stereocenters. The van der Waals surface area contributed by atoms with Crippen LogP contribution in [0.5, 0.6) is 0 Å². The molecule has 3 rings (SSSR count). The Labute approximate surface area is 165 Å². The molecule has 2 heterocycles. The first-order chi connectivity index (χ1) is 13.3. The van der Waals surface area contributed by atoms with Crippen molar-refractivity contribution in [2.75, 3.05) is 46.5 Å². The molecular weight excluding hydrogens is 342 g/mol. The van der Waals surface area contributed by atoms with Gasteiger partial charge in [-0.15, -0.1) is 0 Å². The van der Waals surface area contributed by atoms with Gasteiger partial charge in [0.25, 0.3) is 0 Å². The second-order valence-corrected chi connectivity index (χ2v) is 8.11. The lowest BCUT2D eigenvalue weighted by molar-refractivity contribution is -0.0721. The first-order valence-electron chi connectivity index (χ1n) is 11.2. The Hall–Kier alpha value is -0.850. The number of nitrogens with zero attached hydrogens (tertiary/aromatic N) is 2. The van der Waals surface area contributed by atoms with Gasteiger partial charge in [0.2, 0.25) is 0 Å². The van der Waals surface area contributed by atoms with Crippen LogP contribution >= 0.6 is 0 Å². The number of nitrogens with one attached hydrogen (secondary N) is 1. The summed E-state index contributed by atoms with van der Waals surface area (Å²) in [5, 5.41) is 3.50. The zero-order valence-corrected chi connectivity index (χ0v) is 17.2. The molecule has 2 aliphatic heterocycles. The van der Waals surface area contributed by atoms with Crippen LogP contribution in [-0.2, 0) is 14.2 Å². The molecule has 3 aliphatic rings. The third-order valence-corrected chi connectivity index (χ3v) is 6.01. The van der Waals surface area contributed by atoms with E-state index in [1.54, 1.807) is 0 Å². The Kier molecular flexibility index (Phi) is 9.18. The van der Waals surface area contributed by atoms with E-state index < -0.39 is 0 Å². The first kappa shape index (κ1) is 20.9. The van der Waals surface area contributed by atoms with E-state index in [4.69, 9.17) is 14.2 Å². The van der Waals surface area contributed by atoms with Gasteiger partial charge in [0.15, 0.2) is 5.96 Å². The summed E-state index contributed by atoms with van der Waals surface area (Å²) >= 11 is 0. The van der Waals surface area contributed by atoms with E-state index in [1.807, 2.05) is 7.05 Å². The maximum absolute atomic E-state index is 6.12. The van der Waals surface area contributed by atoms with Crippen LogP contribution in [0.25, 0.3) is 0 Å². The first-order valence-corrected chi connectivity index (χ1v) is 11.2. The Balaban J connectivity index is 1.25. The molecule has 6 nitrogen and oxygen atoms in total. The largest absolute Gasteiger partial charge is 0.378 e. The SMILES string of the molecule is CN=C(NCCCOC1CCCC1)N1CCC(OCC2CCCCO2)CC1. The molecule has 0 aromatic carbocycles. The summed E-state index contributed by atoms with van der Waals surface area (Å²) < 4.78 is 17.8. The van der Waals surface area contributed by atoms with Crippen molar-refractivity contribution in [3.63, 3.8) is 0 Å². The number of hydrogen-bond acceptors (Lipinski definition) is 4. The number of likely N-dealkylation sites (tertiary alicyclic amines) is 1. The van der Waals surface area contributed by atoms with E-state index in [0.29, 0.717) is 18.3 Å². The molecule has 3 fully saturated rings. The van der Waals surface area contributed by atoms with Crippen LogP contribution < -0.4 is 5.32 Å². The molecule has 1 saturated carbocycles. The molecule has 0 spiro atoms. The Morgan fingerprint density at radius 3 is 2.44 bits per heavy atom. The van der Waals surface area contributed by atoms with Crippen LogP contribution in [0.4, 0.5) is 0 Å². The van der Waals surface area contributed by atoms with E-state index in [1.165, 1.54) is 38.5 Å². The average Bonchev–Trinajstić information content (AvgIpc) is 3.24. The van der Waals surface area contributed by atoms with Gasteiger partial charge < -0.3 is 24.4 Å². The summed E-state index contributed by atoms with van der Waals surface area (Å²) in [5.41, 5.74) is 0. The molecule has 0 bridgehead atoms. The summed E-state index contributed by atoms with van der Waals surface area (Å²) in [6.45, 7) is 5.46. The van der Waals surface area contributed by atoms with Crippen molar-refractivity contribution in [1.82, 2.24) is 10.2 Å². The van der Waals surface area contributed by atoms with Gasteiger partial charge in [-0.3, -0.25) is 4.99 Å². The summed E-state index contributed by atoms with van der Waals surface area (Å²) in [4.78, 5) is 6.82. The summed E-state index contributed by atoms with van der Waals surface area (Å²) in [5.74, 6) is 1.02. The second kappa shape index (κ2) is 11.9.